The van der Waals surface area contributed by atoms with Gasteiger partial charge in [0.15, 0.2) is 0 Å². The normalized spacial score (nSPS) is 12.0. The molecule has 4 nitrogen and oxygen atoms in total. The third-order valence-corrected chi connectivity index (χ3v) is 4.78. The number of carbonyl (C=O) groups is 2. The molecule has 0 saturated heterocycles. The third kappa shape index (κ3) is 4.61. The van der Waals surface area contributed by atoms with Crippen LogP contribution in [0, 0.1) is 0 Å². The maximum Gasteiger partial charge on any atom is 0.316 e. The van der Waals surface area contributed by atoms with Crippen LogP contribution in [0.25, 0.3) is 0 Å². The molecule has 2 rings (SSSR count). The van der Waals surface area contributed by atoms with Gasteiger partial charge in [0.2, 0.25) is 0 Å². The number of carboxylic acids is 1. The summed E-state index contributed by atoms with van der Waals surface area (Å²) in [5.41, 5.74) is 2.40. The van der Waals surface area contributed by atoms with E-state index in [1.807, 2.05) is 24.3 Å². The summed E-state index contributed by atoms with van der Waals surface area (Å²) in [6.07, 6.45) is 0. The molecule has 0 bridgehead atoms. The predicted molar refractivity (Wildman–Crippen MR) is 97.9 cm³/mol. The van der Waals surface area contributed by atoms with Gasteiger partial charge in [-0.25, -0.2) is 0 Å². The number of aliphatic carboxylic acids is 1. The molecule has 2 aromatic rings. The zero-order valence-corrected chi connectivity index (χ0v) is 14.8. The summed E-state index contributed by atoms with van der Waals surface area (Å²) in [4.78, 5) is 24.2. The Balaban J connectivity index is 2.16. The number of benzene rings is 2. The van der Waals surface area contributed by atoms with Gasteiger partial charge in [-0.3, -0.25) is 9.59 Å². The number of thioether (sulfide) groups is 1. The van der Waals surface area contributed by atoms with Gasteiger partial charge in [0, 0.05) is 10.6 Å². The van der Waals surface area contributed by atoms with E-state index in [0.29, 0.717) is 16.4 Å². The van der Waals surface area contributed by atoms with Gasteiger partial charge in [-0.2, -0.15) is 0 Å². The maximum atomic E-state index is 12.5. The Morgan fingerprint density at radius 1 is 1.00 bits per heavy atom. The Bertz CT molecular complexity index is 726. The first-order valence-electron chi connectivity index (χ1n) is 7.78. The fourth-order valence-electron chi connectivity index (χ4n) is 2.15. The highest BCUT2D eigenvalue weighted by Gasteiger charge is 2.17. The topological polar surface area (TPSA) is 66.4 Å². The van der Waals surface area contributed by atoms with E-state index in [9.17, 15) is 9.59 Å². The van der Waals surface area contributed by atoms with Crippen LogP contribution in [0.1, 0.15) is 42.6 Å². The van der Waals surface area contributed by atoms with Crippen molar-refractivity contribution in [3.8, 4) is 0 Å². The van der Waals surface area contributed by atoms with Gasteiger partial charge in [-0.15, -0.1) is 11.8 Å². The summed E-state index contributed by atoms with van der Waals surface area (Å²) in [5.74, 6) is -0.711. The molecule has 2 N–H and O–H groups in total. The molecule has 0 radical (unpaired) electrons. The number of hydrogen-bond donors (Lipinski definition) is 2. The highest BCUT2D eigenvalue weighted by Crippen LogP contribution is 2.27. The van der Waals surface area contributed by atoms with Gasteiger partial charge in [-0.1, -0.05) is 38.1 Å². The Kier molecular flexibility index (Phi) is 6.04. The molecule has 1 atom stereocenters. The SMILES string of the molecule is CC(Sc1ccccc1C(=O)Nc1ccc(C(C)C)cc1)C(=O)O. The van der Waals surface area contributed by atoms with Crippen LogP contribution in [0.15, 0.2) is 53.4 Å². The van der Waals surface area contributed by atoms with Crippen LogP contribution < -0.4 is 5.32 Å². The van der Waals surface area contributed by atoms with E-state index in [-0.39, 0.29) is 5.91 Å². The number of amides is 1. The summed E-state index contributed by atoms with van der Waals surface area (Å²) < 4.78 is 0. The molecular weight excluding hydrogens is 322 g/mol. The first-order valence-corrected chi connectivity index (χ1v) is 8.66. The van der Waals surface area contributed by atoms with Crippen LogP contribution in [0.3, 0.4) is 0 Å². The summed E-state index contributed by atoms with van der Waals surface area (Å²) in [5, 5.41) is 11.3. The van der Waals surface area contributed by atoms with Gasteiger partial charge < -0.3 is 10.4 Å². The van der Waals surface area contributed by atoms with Crippen LogP contribution in [0.5, 0.6) is 0 Å². The third-order valence-electron chi connectivity index (χ3n) is 3.62. The van der Waals surface area contributed by atoms with Gasteiger partial charge in [0.05, 0.1) is 5.56 Å². The van der Waals surface area contributed by atoms with Crippen LogP contribution in [0.2, 0.25) is 0 Å². The van der Waals surface area contributed by atoms with Crippen molar-refractivity contribution in [3.63, 3.8) is 0 Å². The van der Waals surface area contributed by atoms with Crippen molar-refractivity contribution in [2.45, 2.75) is 36.8 Å². The van der Waals surface area contributed by atoms with Crippen molar-refractivity contribution >= 4 is 29.3 Å². The molecule has 0 spiro atoms. The molecule has 2 aromatic carbocycles. The minimum atomic E-state index is -0.903. The molecule has 0 heterocycles. The van der Waals surface area contributed by atoms with Gasteiger partial charge in [0.25, 0.3) is 5.91 Å². The fraction of sp³-hybridized carbons (Fsp3) is 0.263. The number of rotatable bonds is 6. The second-order valence-electron chi connectivity index (χ2n) is 5.83. The smallest absolute Gasteiger partial charge is 0.316 e. The Hall–Kier alpha value is -2.27. The van der Waals surface area contributed by atoms with Gasteiger partial charge in [0.1, 0.15) is 5.25 Å². The van der Waals surface area contributed by atoms with E-state index in [2.05, 4.69) is 19.2 Å². The molecule has 0 fully saturated rings. The van der Waals surface area contributed by atoms with Crippen molar-refractivity contribution in [3.05, 3.63) is 59.7 Å². The highest BCUT2D eigenvalue weighted by atomic mass is 32.2. The Morgan fingerprint density at radius 2 is 1.62 bits per heavy atom. The maximum absolute atomic E-state index is 12.5. The lowest BCUT2D eigenvalue weighted by molar-refractivity contribution is -0.136. The molecule has 1 amide bonds. The molecule has 0 saturated carbocycles. The standard InChI is InChI=1S/C19H21NO3S/c1-12(2)14-8-10-15(11-9-14)20-18(21)16-6-4-5-7-17(16)24-13(3)19(22)23/h4-13H,1-3H3,(H,20,21)(H,22,23). The number of hydrogen-bond acceptors (Lipinski definition) is 3. The first-order chi connectivity index (χ1) is 11.4. The number of nitrogens with one attached hydrogen (secondary N) is 1. The molecule has 0 aromatic heterocycles. The van der Waals surface area contributed by atoms with Crippen molar-refractivity contribution < 1.29 is 14.7 Å². The average molecular weight is 343 g/mol. The summed E-state index contributed by atoms with van der Waals surface area (Å²) >= 11 is 1.16. The van der Waals surface area contributed by atoms with E-state index in [1.54, 1.807) is 31.2 Å². The second-order valence-corrected chi connectivity index (χ2v) is 7.21. The van der Waals surface area contributed by atoms with E-state index in [0.717, 1.165) is 17.4 Å². The van der Waals surface area contributed by atoms with Gasteiger partial charge in [-0.05, 0) is 42.7 Å². The van der Waals surface area contributed by atoms with E-state index in [4.69, 9.17) is 5.11 Å². The minimum Gasteiger partial charge on any atom is -0.480 e. The van der Waals surface area contributed by atoms with E-state index in [1.165, 1.54) is 5.56 Å². The largest absolute Gasteiger partial charge is 0.480 e. The average Bonchev–Trinajstić information content (AvgIpc) is 2.55. The molecule has 0 aliphatic carbocycles. The molecule has 0 aliphatic rings. The Morgan fingerprint density at radius 3 is 2.21 bits per heavy atom. The monoisotopic (exact) mass is 343 g/mol. The van der Waals surface area contributed by atoms with Crippen molar-refractivity contribution in [1.82, 2.24) is 0 Å². The van der Waals surface area contributed by atoms with Gasteiger partial charge >= 0.3 is 5.97 Å². The summed E-state index contributed by atoms with van der Waals surface area (Å²) in [6, 6.07) is 14.8. The lowest BCUT2D eigenvalue weighted by Crippen LogP contribution is -2.15. The summed E-state index contributed by atoms with van der Waals surface area (Å²) in [7, 11) is 0. The molecule has 0 aliphatic heterocycles. The zero-order valence-electron chi connectivity index (χ0n) is 13.9. The van der Waals surface area contributed by atoms with Crippen molar-refractivity contribution in [2.24, 2.45) is 0 Å². The van der Waals surface area contributed by atoms with Crippen LogP contribution >= 0.6 is 11.8 Å². The van der Waals surface area contributed by atoms with Crippen molar-refractivity contribution in [1.29, 1.82) is 0 Å². The van der Waals surface area contributed by atoms with E-state index >= 15 is 0 Å². The second kappa shape index (κ2) is 8.02. The van der Waals surface area contributed by atoms with Crippen LogP contribution in [-0.2, 0) is 4.79 Å². The predicted octanol–water partition coefficient (Wildman–Crippen LogP) is 4.63. The molecular formula is C19H21NO3S. The molecule has 5 heteroatoms. The summed E-state index contributed by atoms with van der Waals surface area (Å²) in [6.45, 7) is 5.83. The van der Waals surface area contributed by atoms with Crippen molar-refractivity contribution in [2.75, 3.05) is 5.32 Å². The lowest BCUT2D eigenvalue weighted by Gasteiger charge is -2.12. The highest BCUT2D eigenvalue weighted by molar-refractivity contribution is 8.00. The Labute approximate surface area is 146 Å². The quantitative estimate of drug-likeness (QED) is 0.751. The number of anilines is 1. The zero-order chi connectivity index (χ0) is 17.7. The molecule has 126 valence electrons. The van der Waals surface area contributed by atoms with Crippen LogP contribution in [0.4, 0.5) is 5.69 Å². The number of carboxylic acid groups (broad SMARTS) is 1. The van der Waals surface area contributed by atoms with Crippen LogP contribution in [-0.4, -0.2) is 22.2 Å². The number of carbonyl (C=O) groups excluding carboxylic acids is 1. The fourth-order valence-corrected chi connectivity index (χ4v) is 3.07. The molecule has 24 heavy (non-hydrogen) atoms. The minimum absolute atomic E-state index is 0.243. The molecule has 1 unspecified atom stereocenters. The first kappa shape index (κ1) is 18.1. The lowest BCUT2D eigenvalue weighted by atomic mass is 10.0. The van der Waals surface area contributed by atoms with E-state index < -0.39 is 11.2 Å².